The zero-order valence-corrected chi connectivity index (χ0v) is 18.2. The second-order valence-electron chi connectivity index (χ2n) is 7.19. The summed E-state index contributed by atoms with van der Waals surface area (Å²) < 4.78 is 19.6. The number of carbonyl (C=O) groups is 2. The monoisotopic (exact) mass is 436 g/mol. The van der Waals surface area contributed by atoms with Gasteiger partial charge in [0.1, 0.15) is 22.8 Å². The van der Waals surface area contributed by atoms with Gasteiger partial charge in [0.2, 0.25) is 5.91 Å². The molecule has 9 heteroatoms. The molecule has 30 heavy (non-hydrogen) atoms. The molecule has 2 aromatic rings. The molecule has 1 aromatic heterocycles. The highest BCUT2D eigenvalue weighted by Gasteiger charge is 2.31. The fraction of sp³-hybridized carbons (Fsp3) is 0.476. The number of aromatic nitrogens is 1. The van der Waals surface area contributed by atoms with Crippen LogP contribution in [0.1, 0.15) is 30.0 Å². The van der Waals surface area contributed by atoms with Gasteiger partial charge in [-0.3, -0.25) is 14.5 Å². The van der Waals surface area contributed by atoms with Crippen LogP contribution in [0.2, 0.25) is 5.02 Å². The first-order chi connectivity index (χ1) is 14.4. The Morgan fingerprint density at radius 3 is 2.47 bits per heavy atom. The Morgan fingerprint density at radius 2 is 1.87 bits per heavy atom. The van der Waals surface area contributed by atoms with Gasteiger partial charge >= 0.3 is 0 Å². The third-order valence-corrected chi connectivity index (χ3v) is 5.73. The minimum Gasteiger partial charge on any atom is -0.360 e. The van der Waals surface area contributed by atoms with Gasteiger partial charge in [0, 0.05) is 39.3 Å². The van der Waals surface area contributed by atoms with Crippen LogP contribution < -0.4 is 0 Å². The van der Waals surface area contributed by atoms with E-state index in [4.69, 9.17) is 16.1 Å². The first-order valence-corrected chi connectivity index (χ1v) is 10.4. The second-order valence-corrected chi connectivity index (χ2v) is 7.60. The molecule has 162 valence electrons. The van der Waals surface area contributed by atoms with E-state index >= 15 is 0 Å². The smallest absolute Gasteiger partial charge is 0.259 e. The molecule has 0 N–H and O–H groups in total. The van der Waals surface area contributed by atoms with Crippen LogP contribution in [0, 0.1) is 12.7 Å². The van der Waals surface area contributed by atoms with Crippen molar-refractivity contribution in [3.8, 4) is 11.3 Å². The van der Waals surface area contributed by atoms with E-state index < -0.39 is 5.82 Å². The van der Waals surface area contributed by atoms with Gasteiger partial charge in [-0.2, -0.15) is 0 Å². The summed E-state index contributed by atoms with van der Waals surface area (Å²) in [6.07, 6.45) is 0. The van der Waals surface area contributed by atoms with Crippen LogP contribution >= 0.6 is 11.6 Å². The number of halogens is 2. The maximum Gasteiger partial charge on any atom is 0.259 e. The summed E-state index contributed by atoms with van der Waals surface area (Å²) in [6.45, 7) is 9.32. The third kappa shape index (κ3) is 4.49. The Morgan fingerprint density at radius 1 is 1.20 bits per heavy atom. The molecular weight excluding hydrogens is 411 g/mol. The van der Waals surface area contributed by atoms with Crippen LogP contribution in [-0.2, 0) is 4.79 Å². The number of benzene rings is 1. The van der Waals surface area contributed by atoms with E-state index in [2.05, 4.69) is 5.16 Å². The summed E-state index contributed by atoms with van der Waals surface area (Å²) in [5.41, 5.74) is 0.386. The van der Waals surface area contributed by atoms with Gasteiger partial charge in [0.15, 0.2) is 0 Å². The van der Waals surface area contributed by atoms with E-state index in [9.17, 15) is 14.0 Å². The van der Waals surface area contributed by atoms with Gasteiger partial charge < -0.3 is 14.3 Å². The highest BCUT2D eigenvalue weighted by atomic mass is 35.5. The van der Waals surface area contributed by atoms with Crippen LogP contribution in [0.4, 0.5) is 4.39 Å². The van der Waals surface area contributed by atoms with Crippen molar-refractivity contribution in [1.82, 2.24) is 19.9 Å². The minimum atomic E-state index is -0.565. The molecule has 3 rings (SSSR count). The predicted molar refractivity (Wildman–Crippen MR) is 112 cm³/mol. The summed E-state index contributed by atoms with van der Waals surface area (Å²) in [6, 6.07) is 4.31. The molecule has 1 saturated heterocycles. The molecular formula is C21H26ClFN4O3. The zero-order chi connectivity index (χ0) is 21.8. The van der Waals surface area contributed by atoms with Crippen molar-refractivity contribution in [3.63, 3.8) is 0 Å². The number of likely N-dealkylation sites (N-methyl/N-ethyl adjacent to an activating group) is 1. The quantitative estimate of drug-likeness (QED) is 0.696. The van der Waals surface area contributed by atoms with Gasteiger partial charge in [0.05, 0.1) is 17.1 Å². The Labute approximate surface area is 180 Å². The standard InChI is InChI=1S/C21H26ClFN4O3/c1-4-26(5-2)17(28)13-25-9-11-27(12-10-25)21(29)18-14(3)30-24-20(18)19-15(22)7-6-8-16(19)23/h6-8H,4-5,9-13H2,1-3H3. The fourth-order valence-corrected chi connectivity index (χ4v) is 3.91. The molecule has 1 fully saturated rings. The van der Waals surface area contributed by atoms with Crippen LogP contribution in [-0.4, -0.2) is 77.5 Å². The average molecular weight is 437 g/mol. The minimum absolute atomic E-state index is 0.0582. The third-order valence-electron chi connectivity index (χ3n) is 5.41. The number of hydrogen-bond donors (Lipinski definition) is 0. The Hall–Kier alpha value is -2.45. The molecule has 2 amide bonds. The number of nitrogens with zero attached hydrogens (tertiary/aromatic N) is 4. The molecule has 1 aliphatic rings. The molecule has 0 bridgehead atoms. The molecule has 0 spiro atoms. The van der Waals surface area contributed by atoms with E-state index in [1.807, 2.05) is 18.7 Å². The van der Waals surface area contributed by atoms with Crippen molar-refractivity contribution in [2.24, 2.45) is 0 Å². The van der Waals surface area contributed by atoms with Crippen molar-refractivity contribution < 1.29 is 18.5 Å². The van der Waals surface area contributed by atoms with Gasteiger partial charge in [-0.1, -0.05) is 22.8 Å². The Bertz CT molecular complexity index is 901. The van der Waals surface area contributed by atoms with Gasteiger partial charge in [-0.05, 0) is 32.9 Å². The second kappa shape index (κ2) is 9.57. The average Bonchev–Trinajstić information content (AvgIpc) is 3.10. The zero-order valence-electron chi connectivity index (χ0n) is 17.5. The lowest BCUT2D eigenvalue weighted by Gasteiger charge is -2.35. The molecule has 1 aliphatic heterocycles. The van der Waals surface area contributed by atoms with Crippen LogP contribution in [0.3, 0.4) is 0 Å². The summed E-state index contributed by atoms with van der Waals surface area (Å²) >= 11 is 6.16. The first kappa shape index (κ1) is 22.2. The lowest BCUT2D eigenvalue weighted by atomic mass is 10.0. The van der Waals surface area contributed by atoms with E-state index in [1.165, 1.54) is 12.1 Å². The number of aryl methyl sites for hydroxylation is 1. The summed E-state index contributed by atoms with van der Waals surface area (Å²) in [5, 5.41) is 4.07. The molecule has 7 nitrogen and oxygen atoms in total. The molecule has 0 radical (unpaired) electrons. The summed E-state index contributed by atoms with van der Waals surface area (Å²) in [4.78, 5) is 31.0. The number of amides is 2. The van der Waals surface area contributed by atoms with E-state index in [-0.39, 0.29) is 33.7 Å². The fourth-order valence-electron chi connectivity index (χ4n) is 3.65. The van der Waals surface area contributed by atoms with Crippen molar-refractivity contribution >= 4 is 23.4 Å². The summed E-state index contributed by atoms with van der Waals surface area (Å²) in [7, 11) is 0. The molecule has 2 heterocycles. The number of piperazine rings is 1. The molecule has 0 atom stereocenters. The molecule has 0 aliphatic carbocycles. The molecule has 0 saturated carbocycles. The SMILES string of the molecule is CCN(CC)C(=O)CN1CCN(C(=O)c2c(-c3c(F)cccc3Cl)noc2C)CC1. The molecule has 1 aromatic carbocycles. The van der Waals surface area contributed by atoms with Crippen molar-refractivity contribution in [2.45, 2.75) is 20.8 Å². The lowest BCUT2D eigenvalue weighted by molar-refractivity contribution is -0.132. The maximum absolute atomic E-state index is 14.4. The highest BCUT2D eigenvalue weighted by molar-refractivity contribution is 6.33. The normalized spacial score (nSPS) is 14.8. The Kier molecular flexibility index (Phi) is 7.10. The first-order valence-electron chi connectivity index (χ1n) is 10.1. The lowest BCUT2D eigenvalue weighted by Crippen LogP contribution is -2.51. The topological polar surface area (TPSA) is 69.9 Å². The number of carbonyl (C=O) groups excluding carboxylic acids is 2. The van der Waals surface area contributed by atoms with Gasteiger partial charge in [-0.15, -0.1) is 0 Å². The van der Waals surface area contributed by atoms with E-state index in [0.717, 1.165) is 0 Å². The summed E-state index contributed by atoms with van der Waals surface area (Å²) in [5.74, 6) is -0.443. The number of hydrogen-bond acceptors (Lipinski definition) is 5. The van der Waals surface area contributed by atoms with Crippen molar-refractivity contribution in [3.05, 3.63) is 40.4 Å². The van der Waals surface area contributed by atoms with Crippen LogP contribution in [0.5, 0.6) is 0 Å². The van der Waals surface area contributed by atoms with Crippen LogP contribution in [0.15, 0.2) is 22.7 Å². The van der Waals surface area contributed by atoms with Crippen molar-refractivity contribution in [2.75, 3.05) is 45.8 Å². The van der Waals surface area contributed by atoms with E-state index in [1.54, 1.807) is 22.8 Å². The van der Waals surface area contributed by atoms with Gasteiger partial charge in [0.25, 0.3) is 5.91 Å². The van der Waals surface area contributed by atoms with Gasteiger partial charge in [-0.25, -0.2) is 4.39 Å². The largest absolute Gasteiger partial charge is 0.360 e. The van der Waals surface area contributed by atoms with E-state index in [0.29, 0.717) is 51.6 Å². The maximum atomic E-state index is 14.4. The highest BCUT2D eigenvalue weighted by Crippen LogP contribution is 2.34. The number of rotatable bonds is 6. The predicted octanol–water partition coefficient (Wildman–Crippen LogP) is 3.07. The van der Waals surface area contributed by atoms with Crippen molar-refractivity contribution in [1.29, 1.82) is 0 Å². The Balaban J connectivity index is 1.72. The van der Waals surface area contributed by atoms with Crippen LogP contribution in [0.25, 0.3) is 11.3 Å². The molecule has 0 unspecified atom stereocenters.